The molecule has 0 spiro atoms. The number of aliphatic hydroxyl groups is 1. The third-order valence-electron chi connectivity index (χ3n) is 6.56. The molecule has 1 fully saturated rings. The number of nitrogens with zero attached hydrogens (tertiary/aromatic N) is 1. The average molecular weight is 505 g/mol. The Balaban J connectivity index is 1.33. The first kappa shape index (κ1) is 22.8. The summed E-state index contributed by atoms with van der Waals surface area (Å²) in [5.41, 5.74) is 1.80. The number of aromatic nitrogens is 2. The van der Waals surface area contributed by atoms with Gasteiger partial charge in [0.15, 0.2) is 5.78 Å². The molecule has 0 amide bonds. The Hall–Kier alpha value is -3.59. The Labute approximate surface area is 212 Å². The van der Waals surface area contributed by atoms with Crippen LogP contribution in [0.15, 0.2) is 60.9 Å². The van der Waals surface area contributed by atoms with Gasteiger partial charge in [-0.2, -0.15) is 0 Å². The van der Waals surface area contributed by atoms with E-state index in [9.17, 15) is 9.90 Å². The van der Waals surface area contributed by atoms with E-state index in [1.54, 1.807) is 30.6 Å². The number of aromatic amines is 1. The lowest BCUT2D eigenvalue weighted by molar-refractivity contribution is 0.0296. The smallest absolute Gasteiger partial charge is 0.196 e. The van der Waals surface area contributed by atoms with Crippen molar-refractivity contribution in [2.24, 2.45) is 0 Å². The number of benzene rings is 2. The molecule has 4 N–H and O–H groups in total. The zero-order valence-corrected chi connectivity index (χ0v) is 20.3. The van der Waals surface area contributed by atoms with E-state index in [4.69, 9.17) is 21.1 Å². The zero-order chi connectivity index (χ0) is 24.9. The molecule has 2 atom stereocenters. The van der Waals surface area contributed by atoms with Crippen LogP contribution in [0.1, 0.15) is 35.7 Å². The van der Waals surface area contributed by atoms with Gasteiger partial charge < -0.3 is 30.2 Å². The lowest BCUT2D eigenvalue weighted by atomic mass is 9.95. The first-order valence-electron chi connectivity index (χ1n) is 11.8. The number of carbonyl (C=O) groups excluding carboxylic acids is 1. The number of rotatable bonds is 7. The SMILES string of the molecule is C[C@]1(COC2CC2)Nc2c(cnc3[nH]cc(C(=O)c4ccc(Oc5ccccc5)cc4Cl)c23)NC1O. The van der Waals surface area contributed by atoms with Gasteiger partial charge in [-0.1, -0.05) is 29.8 Å². The second kappa shape index (κ2) is 8.81. The topological polar surface area (TPSA) is 108 Å². The molecule has 2 aromatic carbocycles. The number of H-pyrrole nitrogens is 1. The Morgan fingerprint density at radius 1 is 1.17 bits per heavy atom. The first-order valence-corrected chi connectivity index (χ1v) is 12.2. The molecule has 2 aromatic heterocycles. The minimum Gasteiger partial charge on any atom is -0.457 e. The van der Waals surface area contributed by atoms with Crippen molar-refractivity contribution in [2.45, 2.75) is 37.6 Å². The fraction of sp³-hybridized carbons (Fsp3) is 0.259. The number of ketones is 1. The van der Waals surface area contributed by atoms with Crippen LogP contribution in [0, 0.1) is 0 Å². The van der Waals surface area contributed by atoms with Gasteiger partial charge in [0.2, 0.25) is 0 Å². The predicted octanol–water partition coefficient (Wildman–Crippen LogP) is 5.33. The zero-order valence-electron chi connectivity index (χ0n) is 19.5. The van der Waals surface area contributed by atoms with Gasteiger partial charge in [0.25, 0.3) is 0 Å². The standard InChI is InChI=1S/C27H25ClN4O4/c1-27(14-35-15-7-8-15)26(34)31-21-13-30-25-22(23(21)32-27)19(12-29-25)24(33)18-10-9-17(11-20(18)28)36-16-5-3-2-4-6-16/h2-6,9-13,15,26,31-32,34H,7-8,14H2,1H3,(H,29,30)/t26?,27-/m1/s1. The van der Waals surface area contributed by atoms with Crippen molar-refractivity contribution < 1.29 is 19.4 Å². The highest BCUT2D eigenvalue weighted by atomic mass is 35.5. The largest absolute Gasteiger partial charge is 0.457 e. The number of pyridine rings is 1. The van der Waals surface area contributed by atoms with Crippen LogP contribution in [0.25, 0.3) is 11.0 Å². The third kappa shape index (κ3) is 4.17. The fourth-order valence-electron chi connectivity index (χ4n) is 4.33. The summed E-state index contributed by atoms with van der Waals surface area (Å²) in [6, 6.07) is 14.4. The predicted molar refractivity (Wildman–Crippen MR) is 138 cm³/mol. The molecule has 1 aliphatic heterocycles. The molecule has 1 unspecified atom stereocenters. The van der Waals surface area contributed by atoms with Crippen molar-refractivity contribution in [3.05, 3.63) is 77.1 Å². The second-order valence-corrected chi connectivity index (χ2v) is 9.87. The van der Waals surface area contributed by atoms with Gasteiger partial charge in [-0.15, -0.1) is 0 Å². The monoisotopic (exact) mass is 504 g/mol. The first-order chi connectivity index (χ1) is 17.4. The Bertz CT molecular complexity index is 1450. The van der Waals surface area contributed by atoms with Crippen LogP contribution >= 0.6 is 11.6 Å². The van der Waals surface area contributed by atoms with Crippen LogP contribution in [-0.4, -0.2) is 45.3 Å². The second-order valence-electron chi connectivity index (χ2n) is 9.46. The maximum Gasteiger partial charge on any atom is 0.196 e. The molecule has 3 heterocycles. The number of hydrogen-bond acceptors (Lipinski definition) is 7. The van der Waals surface area contributed by atoms with Gasteiger partial charge in [0.05, 0.1) is 46.3 Å². The van der Waals surface area contributed by atoms with Crippen molar-refractivity contribution >= 4 is 39.8 Å². The van der Waals surface area contributed by atoms with Crippen LogP contribution in [-0.2, 0) is 4.74 Å². The number of nitrogens with one attached hydrogen (secondary N) is 3. The summed E-state index contributed by atoms with van der Waals surface area (Å²) in [6.45, 7) is 2.20. The molecular weight excluding hydrogens is 480 g/mol. The number of ether oxygens (including phenoxy) is 2. The van der Waals surface area contributed by atoms with Crippen molar-refractivity contribution in [2.75, 3.05) is 17.2 Å². The van der Waals surface area contributed by atoms with E-state index in [1.807, 2.05) is 37.3 Å². The van der Waals surface area contributed by atoms with Crippen LogP contribution in [0.3, 0.4) is 0 Å². The summed E-state index contributed by atoms with van der Waals surface area (Å²) in [4.78, 5) is 21.2. The Morgan fingerprint density at radius 2 is 1.97 bits per heavy atom. The molecule has 184 valence electrons. The summed E-state index contributed by atoms with van der Waals surface area (Å²) in [5, 5.41) is 18.2. The molecule has 1 saturated carbocycles. The number of halogens is 1. The highest BCUT2D eigenvalue weighted by Gasteiger charge is 2.41. The van der Waals surface area contributed by atoms with E-state index < -0.39 is 11.8 Å². The van der Waals surface area contributed by atoms with Crippen molar-refractivity contribution in [1.82, 2.24) is 9.97 Å². The molecule has 0 saturated heterocycles. The molecule has 6 rings (SSSR count). The van der Waals surface area contributed by atoms with Crippen LogP contribution in [0.4, 0.5) is 11.4 Å². The molecule has 0 bridgehead atoms. The van der Waals surface area contributed by atoms with E-state index in [1.165, 1.54) is 0 Å². The van der Waals surface area contributed by atoms with Gasteiger partial charge in [0.1, 0.15) is 28.9 Å². The van der Waals surface area contributed by atoms with Gasteiger partial charge >= 0.3 is 0 Å². The maximum absolute atomic E-state index is 13.7. The van der Waals surface area contributed by atoms with Gasteiger partial charge in [-0.3, -0.25) is 4.79 Å². The number of para-hydroxylation sites is 1. The van der Waals surface area contributed by atoms with E-state index in [0.717, 1.165) is 12.8 Å². The van der Waals surface area contributed by atoms with Crippen molar-refractivity contribution in [3.63, 3.8) is 0 Å². The van der Waals surface area contributed by atoms with E-state index in [-0.39, 0.29) is 16.9 Å². The summed E-state index contributed by atoms with van der Waals surface area (Å²) in [5.74, 6) is 0.958. The van der Waals surface area contributed by atoms with E-state index >= 15 is 0 Å². The van der Waals surface area contributed by atoms with Crippen LogP contribution in [0.2, 0.25) is 5.02 Å². The number of anilines is 2. The molecule has 9 heteroatoms. The van der Waals surface area contributed by atoms with Crippen LogP contribution < -0.4 is 15.4 Å². The van der Waals surface area contributed by atoms with E-state index in [2.05, 4.69) is 20.6 Å². The Kier molecular flexibility index (Phi) is 5.59. The highest BCUT2D eigenvalue weighted by Crippen LogP contribution is 2.41. The van der Waals surface area contributed by atoms with E-state index in [0.29, 0.717) is 51.6 Å². The van der Waals surface area contributed by atoms with Crippen molar-refractivity contribution in [3.8, 4) is 11.5 Å². The number of carbonyl (C=O) groups is 1. The summed E-state index contributed by atoms with van der Waals surface area (Å²) in [6.07, 6.45) is 4.69. The molecule has 1 aliphatic carbocycles. The number of aliphatic hydroxyl groups excluding tert-OH is 1. The van der Waals surface area contributed by atoms with Gasteiger partial charge in [-0.25, -0.2) is 4.98 Å². The highest BCUT2D eigenvalue weighted by molar-refractivity contribution is 6.36. The quantitative estimate of drug-likeness (QED) is 0.252. The molecule has 2 aliphatic rings. The normalized spacial score (nSPS) is 20.9. The molecule has 0 radical (unpaired) electrons. The van der Waals surface area contributed by atoms with Gasteiger partial charge in [0, 0.05) is 17.8 Å². The number of hydrogen-bond donors (Lipinski definition) is 4. The summed E-state index contributed by atoms with van der Waals surface area (Å²) in [7, 11) is 0. The lowest BCUT2D eigenvalue weighted by Gasteiger charge is -2.41. The van der Waals surface area contributed by atoms with Gasteiger partial charge in [-0.05, 0) is 44.0 Å². The lowest BCUT2D eigenvalue weighted by Crippen LogP contribution is -2.56. The third-order valence-corrected chi connectivity index (χ3v) is 6.87. The molecule has 8 nitrogen and oxygen atoms in total. The average Bonchev–Trinajstić information content (AvgIpc) is 3.60. The summed E-state index contributed by atoms with van der Waals surface area (Å²) >= 11 is 6.54. The van der Waals surface area contributed by atoms with Crippen molar-refractivity contribution in [1.29, 1.82) is 0 Å². The molecule has 36 heavy (non-hydrogen) atoms. The summed E-state index contributed by atoms with van der Waals surface area (Å²) < 4.78 is 11.7. The molecule has 4 aromatic rings. The molecular formula is C27H25ClN4O4. The minimum absolute atomic E-state index is 0.245. The van der Waals surface area contributed by atoms with Crippen LogP contribution in [0.5, 0.6) is 11.5 Å². The maximum atomic E-state index is 13.7. The number of fused-ring (bicyclic) bond motifs is 3. The Morgan fingerprint density at radius 3 is 2.72 bits per heavy atom. The fourth-order valence-corrected chi connectivity index (χ4v) is 4.58. The minimum atomic E-state index is -0.896.